The molecule has 26 heavy (non-hydrogen) atoms. The molecule has 0 saturated heterocycles. The Kier molecular flexibility index (Phi) is 11.3. The molecule has 0 aliphatic rings. The molecule has 0 aliphatic heterocycles. The molecule has 0 heterocycles. The zero-order chi connectivity index (χ0) is 19.2. The average molecular weight is 355 g/mol. The van der Waals surface area contributed by atoms with Crippen LogP contribution in [0.3, 0.4) is 0 Å². The lowest BCUT2D eigenvalue weighted by atomic mass is 9.98. The molecular weight excluding hydrogens is 316 g/mol. The molecule has 2 rings (SSSR count). The summed E-state index contributed by atoms with van der Waals surface area (Å²) in [6.45, 7) is 11.2. The minimum Gasteiger partial charge on any atom is -0.398 e. The van der Waals surface area contributed by atoms with Gasteiger partial charge in [-0.2, -0.15) is 0 Å². The van der Waals surface area contributed by atoms with Crippen molar-refractivity contribution in [1.82, 2.24) is 0 Å². The van der Waals surface area contributed by atoms with Gasteiger partial charge in [0, 0.05) is 24.5 Å². The van der Waals surface area contributed by atoms with Crippen LogP contribution in [0.25, 0.3) is 0 Å². The maximum Gasteiger partial charge on any atom is 0.0366 e. The zero-order valence-corrected chi connectivity index (χ0v) is 17.3. The molecule has 2 aromatic carbocycles. The predicted molar refractivity (Wildman–Crippen MR) is 118 cm³/mol. The molecule has 0 aliphatic carbocycles. The topological polar surface area (TPSA) is 29.3 Å². The van der Waals surface area contributed by atoms with Crippen molar-refractivity contribution in [3.63, 3.8) is 0 Å². The Bertz CT molecular complexity index is 586. The van der Waals surface area contributed by atoms with E-state index in [0.717, 1.165) is 31.6 Å². The first kappa shape index (κ1) is 22.1. The van der Waals surface area contributed by atoms with E-state index in [1.54, 1.807) is 0 Å². The normalized spacial score (nSPS) is 10.2. The lowest BCUT2D eigenvalue weighted by molar-refractivity contribution is 0.745. The van der Waals surface area contributed by atoms with Crippen LogP contribution >= 0.6 is 0 Å². The van der Waals surface area contributed by atoms with Gasteiger partial charge in [0.1, 0.15) is 0 Å². The van der Waals surface area contributed by atoms with Crippen molar-refractivity contribution in [2.75, 3.05) is 23.7 Å². The maximum absolute atomic E-state index is 5.94. The van der Waals surface area contributed by atoms with Crippen molar-refractivity contribution in [2.24, 2.45) is 0 Å². The summed E-state index contributed by atoms with van der Waals surface area (Å²) in [5, 5.41) is 0. The molecule has 0 bridgehead atoms. The summed E-state index contributed by atoms with van der Waals surface area (Å²) >= 11 is 0. The van der Waals surface area contributed by atoms with Crippen molar-refractivity contribution >= 4 is 11.4 Å². The highest BCUT2D eigenvalue weighted by Gasteiger charge is 2.04. The van der Waals surface area contributed by atoms with Gasteiger partial charge in [0.15, 0.2) is 0 Å². The highest BCUT2D eigenvalue weighted by Crippen LogP contribution is 2.20. The first-order valence-corrected chi connectivity index (χ1v) is 10.3. The van der Waals surface area contributed by atoms with Crippen molar-refractivity contribution in [2.45, 2.75) is 66.2 Å². The number of hydrogen-bond acceptors (Lipinski definition) is 2. The zero-order valence-electron chi connectivity index (χ0n) is 17.3. The number of hydrogen-bond donors (Lipinski definition) is 1. The maximum atomic E-state index is 5.94. The second-order valence-corrected chi connectivity index (χ2v) is 6.81. The van der Waals surface area contributed by atoms with Crippen molar-refractivity contribution in [3.05, 3.63) is 59.7 Å². The molecule has 2 N–H and O–H groups in total. The van der Waals surface area contributed by atoms with Crippen LogP contribution < -0.4 is 10.6 Å². The molecular formula is C24H38N2. The van der Waals surface area contributed by atoms with Crippen LogP contribution in [-0.4, -0.2) is 13.1 Å². The minimum atomic E-state index is 0.966. The van der Waals surface area contributed by atoms with Gasteiger partial charge in [0.05, 0.1) is 0 Å². The summed E-state index contributed by atoms with van der Waals surface area (Å²) in [7, 11) is 0. The minimum absolute atomic E-state index is 0.966. The summed E-state index contributed by atoms with van der Waals surface area (Å²) in [5.74, 6) is 0. The van der Waals surface area contributed by atoms with E-state index in [1.807, 2.05) is 6.07 Å². The fraction of sp³-hybridized carbons (Fsp3) is 0.500. The third-order valence-electron chi connectivity index (χ3n) is 4.44. The molecule has 0 aromatic heterocycles. The van der Waals surface area contributed by atoms with E-state index in [9.17, 15) is 0 Å². The summed E-state index contributed by atoms with van der Waals surface area (Å²) in [6.07, 6.45) is 7.07. The lowest BCUT2D eigenvalue weighted by Gasteiger charge is -2.23. The Morgan fingerprint density at radius 2 is 1.31 bits per heavy atom. The number of nitrogens with zero attached hydrogens (tertiary/aromatic N) is 1. The van der Waals surface area contributed by atoms with Gasteiger partial charge in [0.25, 0.3) is 0 Å². The summed E-state index contributed by atoms with van der Waals surface area (Å²) < 4.78 is 0. The first-order valence-electron chi connectivity index (χ1n) is 10.3. The van der Waals surface area contributed by atoms with E-state index in [4.69, 9.17) is 5.73 Å². The van der Waals surface area contributed by atoms with Crippen LogP contribution in [0.5, 0.6) is 0 Å². The molecule has 0 atom stereocenters. The molecule has 0 spiro atoms. The Balaban J connectivity index is 0.000000260. The van der Waals surface area contributed by atoms with Crippen molar-refractivity contribution in [3.8, 4) is 0 Å². The molecule has 2 heteroatoms. The number of nitrogen functional groups attached to an aromatic ring is 1. The number of nitrogens with two attached hydrogens (primary N) is 1. The second kappa shape index (κ2) is 13.3. The SMILES string of the molecule is CCCN(CCC)c1ccccc1.CCCc1cccc(N)c1CCC. The van der Waals surface area contributed by atoms with Gasteiger partial charge < -0.3 is 10.6 Å². The van der Waals surface area contributed by atoms with E-state index < -0.39 is 0 Å². The third-order valence-corrected chi connectivity index (χ3v) is 4.44. The van der Waals surface area contributed by atoms with Gasteiger partial charge in [-0.25, -0.2) is 0 Å². The molecule has 0 fully saturated rings. The van der Waals surface area contributed by atoms with E-state index in [2.05, 4.69) is 75.1 Å². The lowest BCUT2D eigenvalue weighted by Crippen LogP contribution is -2.24. The average Bonchev–Trinajstić information content (AvgIpc) is 2.66. The molecule has 0 unspecified atom stereocenters. The second-order valence-electron chi connectivity index (χ2n) is 6.81. The van der Waals surface area contributed by atoms with Gasteiger partial charge in [0.2, 0.25) is 0 Å². The fourth-order valence-electron chi connectivity index (χ4n) is 3.26. The highest BCUT2D eigenvalue weighted by atomic mass is 15.1. The highest BCUT2D eigenvalue weighted by molar-refractivity contribution is 5.51. The molecule has 0 radical (unpaired) electrons. The largest absolute Gasteiger partial charge is 0.398 e. The van der Waals surface area contributed by atoms with Gasteiger partial charge in [-0.1, -0.05) is 70.9 Å². The molecule has 144 valence electrons. The number of aryl methyl sites for hydroxylation is 1. The van der Waals surface area contributed by atoms with Crippen LogP contribution in [0.15, 0.2) is 48.5 Å². The van der Waals surface area contributed by atoms with Crippen LogP contribution in [0.1, 0.15) is 64.5 Å². The number of para-hydroxylation sites is 1. The standard InChI is InChI=1S/2C12H19N/c1-3-10-13(11-4-2)12-8-6-5-7-9-12;1-3-6-10-8-5-9-12(13)11(10)7-4-2/h5-9H,3-4,10-11H2,1-2H3;5,8-9H,3-4,6-7,13H2,1-2H3. The summed E-state index contributed by atoms with van der Waals surface area (Å²) in [5.41, 5.74) is 11.1. The molecule has 0 amide bonds. The van der Waals surface area contributed by atoms with E-state index in [1.165, 1.54) is 42.5 Å². The number of rotatable bonds is 9. The van der Waals surface area contributed by atoms with Crippen LogP contribution in [0, 0.1) is 0 Å². The van der Waals surface area contributed by atoms with Crippen LogP contribution in [-0.2, 0) is 12.8 Å². The van der Waals surface area contributed by atoms with E-state index in [0.29, 0.717) is 0 Å². The molecule has 2 aromatic rings. The Morgan fingerprint density at radius 3 is 1.85 bits per heavy atom. The Labute approximate surface area is 161 Å². The van der Waals surface area contributed by atoms with Gasteiger partial charge in [-0.15, -0.1) is 0 Å². The van der Waals surface area contributed by atoms with Gasteiger partial charge in [-0.3, -0.25) is 0 Å². The predicted octanol–water partition coefficient (Wildman–Crippen LogP) is 6.49. The van der Waals surface area contributed by atoms with Crippen molar-refractivity contribution in [1.29, 1.82) is 0 Å². The molecule has 0 saturated carbocycles. The quantitative estimate of drug-likeness (QED) is 0.522. The van der Waals surface area contributed by atoms with Crippen LogP contribution in [0.4, 0.5) is 11.4 Å². The van der Waals surface area contributed by atoms with E-state index in [-0.39, 0.29) is 0 Å². The smallest absolute Gasteiger partial charge is 0.0366 e. The van der Waals surface area contributed by atoms with Gasteiger partial charge in [-0.05, 0) is 55.0 Å². The fourth-order valence-corrected chi connectivity index (χ4v) is 3.26. The van der Waals surface area contributed by atoms with Crippen LogP contribution in [0.2, 0.25) is 0 Å². The third kappa shape index (κ3) is 7.51. The Hall–Kier alpha value is -1.96. The Morgan fingerprint density at radius 1 is 0.692 bits per heavy atom. The first-order chi connectivity index (χ1) is 12.7. The summed E-state index contributed by atoms with van der Waals surface area (Å²) in [4.78, 5) is 2.44. The van der Waals surface area contributed by atoms with E-state index >= 15 is 0 Å². The monoisotopic (exact) mass is 354 g/mol. The number of anilines is 2. The van der Waals surface area contributed by atoms with Gasteiger partial charge >= 0.3 is 0 Å². The summed E-state index contributed by atoms with van der Waals surface area (Å²) in [6, 6.07) is 16.9. The molecule has 2 nitrogen and oxygen atoms in total. The van der Waals surface area contributed by atoms with Crippen molar-refractivity contribution < 1.29 is 0 Å². The number of benzene rings is 2.